The van der Waals surface area contributed by atoms with Crippen molar-refractivity contribution >= 4 is 50.1 Å². The number of nitrogens with zero attached hydrogens (tertiary/aromatic N) is 1. The molecule has 1 saturated carbocycles. The Morgan fingerprint density at radius 3 is 2.65 bits per heavy atom. The second-order valence-corrected chi connectivity index (χ2v) is 13.1. The molecule has 0 radical (unpaired) electrons. The van der Waals surface area contributed by atoms with E-state index in [1.165, 1.54) is 6.07 Å². The van der Waals surface area contributed by atoms with Gasteiger partial charge >= 0.3 is 0 Å². The van der Waals surface area contributed by atoms with Gasteiger partial charge in [0.05, 0.1) is 22.5 Å². The van der Waals surface area contributed by atoms with Crippen molar-refractivity contribution in [1.29, 1.82) is 0 Å². The van der Waals surface area contributed by atoms with Gasteiger partial charge < -0.3 is 20.5 Å². The van der Waals surface area contributed by atoms with Crippen LogP contribution in [0.4, 0.5) is 13.2 Å². The number of alkyl halides is 2. The molecule has 3 aliphatic heterocycles. The predicted octanol–water partition coefficient (Wildman–Crippen LogP) is 3.32. The maximum atomic E-state index is 15.1. The first-order chi connectivity index (χ1) is 18.8. The molecule has 1 aromatic carbocycles. The topological polar surface area (TPSA) is 128 Å². The van der Waals surface area contributed by atoms with Crippen LogP contribution >= 0.6 is 11.6 Å². The van der Waals surface area contributed by atoms with Crippen molar-refractivity contribution in [2.24, 2.45) is 11.8 Å². The van der Waals surface area contributed by atoms with Crippen LogP contribution in [-0.4, -0.2) is 72.9 Å². The summed E-state index contributed by atoms with van der Waals surface area (Å²) in [6, 6.07) is 2.74. The Labute approximate surface area is 233 Å². The fourth-order valence-electron chi connectivity index (χ4n) is 6.07. The molecule has 5 atom stereocenters. The minimum Gasteiger partial charge on any atom is -0.356 e. The zero-order chi connectivity index (χ0) is 29.0. The second-order valence-electron chi connectivity index (χ2n) is 10.7. The molecular formula is C26H28ClF3N4O5S. The molecule has 0 spiro atoms. The van der Waals surface area contributed by atoms with E-state index in [-0.39, 0.29) is 30.9 Å². The Kier molecular flexibility index (Phi) is 7.40. The van der Waals surface area contributed by atoms with Crippen molar-refractivity contribution in [3.8, 4) is 0 Å². The van der Waals surface area contributed by atoms with E-state index < -0.39 is 69.1 Å². The van der Waals surface area contributed by atoms with Crippen LogP contribution in [0.25, 0.3) is 10.9 Å². The number of amides is 3. The molecule has 2 aromatic rings. The lowest BCUT2D eigenvalue weighted by Gasteiger charge is -2.53. The first-order valence-corrected chi connectivity index (χ1v) is 15.2. The van der Waals surface area contributed by atoms with Crippen LogP contribution in [0.3, 0.4) is 0 Å². The van der Waals surface area contributed by atoms with Crippen LogP contribution in [0.15, 0.2) is 35.5 Å². The number of hydrogen-bond acceptors (Lipinski definition) is 5. The summed E-state index contributed by atoms with van der Waals surface area (Å²) in [4.78, 5) is 43.6. The van der Waals surface area contributed by atoms with Crippen molar-refractivity contribution in [1.82, 2.24) is 20.5 Å². The van der Waals surface area contributed by atoms with Crippen molar-refractivity contribution in [2.45, 2.75) is 56.2 Å². The van der Waals surface area contributed by atoms with E-state index in [1.54, 1.807) is 18.2 Å². The quantitative estimate of drug-likeness (QED) is 0.449. The van der Waals surface area contributed by atoms with Gasteiger partial charge in [0.15, 0.2) is 0 Å². The van der Waals surface area contributed by atoms with Crippen molar-refractivity contribution in [2.75, 3.05) is 12.8 Å². The molecule has 6 rings (SSSR count). The number of H-pyrrole nitrogens is 1. The molecule has 1 aromatic heterocycles. The van der Waals surface area contributed by atoms with Gasteiger partial charge in [-0.1, -0.05) is 23.7 Å². The number of rotatable bonds is 7. The minimum atomic E-state index is -4.27. The van der Waals surface area contributed by atoms with Gasteiger partial charge in [0.25, 0.3) is 11.8 Å². The molecule has 3 amide bonds. The Morgan fingerprint density at radius 1 is 1.27 bits per heavy atom. The van der Waals surface area contributed by atoms with Gasteiger partial charge in [-0.15, -0.1) is 0 Å². The summed E-state index contributed by atoms with van der Waals surface area (Å²) in [7, 11) is -4.27. The molecule has 4 fully saturated rings. The van der Waals surface area contributed by atoms with E-state index in [4.69, 9.17) is 11.6 Å². The van der Waals surface area contributed by atoms with Crippen LogP contribution < -0.4 is 10.6 Å². The van der Waals surface area contributed by atoms with Crippen LogP contribution in [-0.2, 0) is 19.4 Å². The minimum absolute atomic E-state index is 0.0126. The lowest BCUT2D eigenvalue weighted by Crippen LogP contribution is -2.68. The van der Waals surface area contributed by atoms with Crippen LogP contribution in [0.1, 0.15) is 42.6 Å². The lowest BCUT2D eigenvalue weighted by molar-refractivity contribution is -0.179. The molecule has 14 heteroatoms. The van der Waals surface area contributed by atoms with Crippen LogP contribution in [0.5, 0.6) is 0 Å². The summed E-state index contributed by atoms with van der Waals surface area (Å²) in [6.07, 6.45) is 1.19. The molecule has 40 heavy (non-hydrogen) atoms. The SMILES string of the molecule is CS(=O)(=O)/C(F)=C/[C@H](C[C@@H]1CCNC1=O)NC(=O)[C@@H]1[C@@H]2CC[C@@H](CC2(F)F)N1C(=O)c1cc2cccc(Cl)c2[nH]1. The molecular weight excluding hydrogens is 573 g/mol. The predicted molar refractivity (Wildman–Crippen MR) is 141 cm³/mol. The Balaban J connectivity index is 1.48. The first kappa shape index (κ1) is 28.5. The fraction of sp³-hybridized carbons (Fsp3) is 0.500. The van der Waals surface area contributed by atoms with Gasteiger partial charge in [-0.25, -0.2) is 17.2 Å². The Morgan fingerprint density at radius 2 is 2.02 bits per heavy atom. The van der Waals surface area contributed by atoms with Crippen LogP contribution in [0, 0.1) is 11.8 Å². The van der Waals surface area contributed by atoms with E-state index in [0.717, 1.165) is 4.90 Å². The number of piperidine rings is 2. The maximum absolute atomic E-state index is 15.1. The largest absolute Gasteiger partial charge is 0.356 e. The van der Waals surface area contributed by atoms with E-state index >= 15 is 8.78 Å². The lowest BCUT2D eigenvalue weighted by atomic mass is 9.71. The van der Waals surface area contributed by atoms with E-state index in [1.807, 2.05) is 0 Å². The Bertz CT molecular complexity index is 1510. The van der Waals surface area contributed by atoms with Crippen molar-refractivity contribution in [3.05, 3.63) is 46.2 Å². The highest BCUT2D eigenvalue weighted by molar-refractivity contribution is 7.94. The molecule has 3 N–H and O–H groups in total. The summed E-state index contributed by atoms with van der Waals surface area (Å²) in [5.41, 5.74) is 0.552. The molecule has 1 aliphatic carbocycles. The Hall–Kier alpha value is -3.06. The number of fused-ring (bicyclic) bond motifs is 4. The van der Waals surface area contributed by atoms with E-state index in [9.17, 15) is 27.2 Å². The highest BCUT2D eigenvalue weighted by Crippen LogP contribution is 2.49. The molecule has 2 bridgehead atoms. The zero-order valence-electron chi connectivity index (χ0n) is 21.4. The van der Waals surface area contributed by atoms with Gasteiger partial charge in [0, 0.05) is 36.6 Å². The number of nitrogens with one attached hydrogen (secondary N) is 3. The first-order valence-electron chi connectivity index (χ1n) is 12.9. The highest BCUT2D eigenvalue weighted by Gasteiger charge is 2.60. The number of hydrogen-bond donors (Lipinski definition) is 3. The van der Waals surface area contributed by atoms with Crippen molar-refractivity contribution in [3.63, 3.8) is 0 Å². The molecule has 4 heterocycles. The third-order valence-electron chi connectivity index (χ3n) is 7.99. The molecule has 9 nitrogen and oxygen atoms in total. The number of benzene rings is 1. The number of halogens is 4. The third-order valence-corrected chi connectivity index (χ3v) is 9.15. The zero-order valence-corrected chi connectivity index (χ0v) is 23.0. The smallest absolute Gasteiger partial charge is 0.271 e. The maximum Gasteiger partial charge on any atom is 0.271 e. The van der Waals surface area contributed by atoms with Gasteiger partial charge in [-0.05, 0) is 43.9 Å². The summed E-state index contributed by atoms with van der Waals surface area (Å²) in [5.74, 6) is -7.37. The summed E-state index contributed by atoms with van der Waals surface area (Å²) in [5, 5.41) is 4.55. The van der Waals surface area contributed by atoms with Crippen LogP contribution in [0.2, 0.25) is 5.02 Å². The average molecular weight is 601 g/mol. The number of carbonyl (C=O) groups excluding carboxylic acids is 3. The van der Waals surface area contributed by atoms with Gasteiger partial charge in [-0.2, -0.15) is 4.39 Å². The fourth-order valence-corrected chi connectivity index (χ4v) is 6.71. The number of carbonyl (C=O) groups is 3. The van der Waals surface area contributed by atoms with Crippen molar-refractivity contribution < 1.29 is 36.0 Å². The second kappa shape index (κ2) is 10.4. The molecule has 0 unspecified atom stereocenters. The third kappa shape index (κ3) is 5.32. The number of aromatic nitrogens is 1. The summed E-state index contributed by atoms with van der Waals surface area (Å²) < 4.78 is 68.2. The normalized spacial score (nSPS) is 27.1. The average Bonchev–Trinajstić information content (AvgIpc) is 3.49. The number of aromatic amines is 1. The summed E-state index contributed by atoms with van der Waals surface area (Å²) >= 11 is 6.22. The van der Waals surface area contributed by atoms with Gasteiger partial charge in [0.2, 0.25) is 26.8 Å². The number of para-hydroxylation sites is 1. The standard InChI is InChI=1S/C26H28ClF3N4O5S/c1-40(38,39)20(28)11-15(9-14-7-8-31-23(14)35)32-24(36)22-17-6-5-16(12-26(17,29)30)34(22)25(37)19-10-13-3-2-4-18(27)21(13)33-19/h2-4,10-11,14-17,22,33H,5-9,12H2,1H3,(H,31,35)(H,32,36)/b20-11+/t14-,15-,16-,17-,22-/m0/s1. The van der Waals surface area contributed by atoms with Gasteiger partial charge in [-0.3, -0.25) is 14.4 Å². The monoisotopic (exact) mass is 600 g/mol. The van der Waals surface area contributed by atoms with Gasteiger partial charge in [0.1, 0.15) is 11.7 Å². The highest BCUT2D eigenvalue weighted by atomic mass is 35.5. The van der Waals surface area contributed by atoms with E-state index in [2.05, 4.69) is 15.6 Å². The van der Waals surface area contributed by atoms with E-state index in [0.29, 0.717) is 41.2 Å². The number of sulfone groups is 1. The molecule has 3 saturated heterocycles. The molecule has 4 aliphatic rings. The summed E-state index contributed by atoms with van der Waals surface area (Å²) in [6.45, 7) is 0.359. The molecule has 216 valence electrons.